The Labute approximate surface area is 95.8 Å². The lowest BCUT2D eigenvalue weighted by Gasteiger charge is -2.13. The van der Waals surface area contributed by atoms with Crippen molar-refractivity contribution < 1.29 is 4.39 Å². The molecule has 3 rings (SSSR count). The zero-order valence-corrected chi connectivity index (χ0v) is 9.67. The molecule has 16 heavy (non-hydrogen) atoms. The molecule has 0 heterocycles. The third-order valence-electron chi connectivity index (χ3n) is 4.56. The van der Waals surface area contributed by atoms with Gasteiger partial charge in [0.25, 0.3) is 0 Å². The van der Waals surface area contributed by atoms with Crippen molar-refractivity contribution in [3.05, 3.63) is 35.1 Å². The number of rotatable bonds is 1. The van der Waals surface area contributed by atoms with E-state index in [4.69, 9.17) is 5.73 Å². The lowest BCUT2D eigenvalue weighted by atomic mass is 10.00. The number of hydrogen-bond donors (Lipinski definition) is 1. The number of nitrogens with two attached hydrogens (primary N) is 1. The monoisotopic (exact) mass is 219 g/mol. The summed E-state index contributed by atoms with van der Waals surface area (Å²) in [6.45, 7) is 1.79. The smallest absolute Gasteiger partial charge is 0.126 e. The Balaban J connectivity index is 1.95. The maximum absolute atomic E-state index is 13.6. The van der Waals surface area contributed by atoms with E-state index in [0.29, 0.717) is 17.4 Å². The van der Waals surface area contributed by atoms with Crippen molar-refractivity contribution >= 4 is 0 Å². The van der Waals surface area contributed by atoms with Crippen LogP contribution in [0.2, 0.25) is 0 Å². The average molecular weight is 219 g/mol. The first kappa shape index (κ1) is 10.3. The fourth-order valence-corrected chi connectivity index (χ4v) is 3.46. The molecule has 2 atom stereocenters. The van der Waals surface area contributed by atoms with E-state index in [1.54, 1.807) is 13.0 Å². The second-order valence-corrected chi connectivity index (χ2v) is 5.39. The summed E-state index contributed by atoms with van der Waals surface area (Å²) in [5, 5.41) is 0. The number of halogens is 1. The Bertz CT molecular complexity index is 415. The molecule has 0 bridgehead atoms. The summed E-state index contributed by atoms with van der Waals surface area (Å²) in [5.74, 6) is 1.08. The topological polar surface area (TPSA) is 26.0 Å². The van der Waals surface area contributed by atoms with Gasteiger partial charge >= 0.3 is 0 Å². The number of fused-ring (bicyclic) bond motifs is 1. The third-order valence-corrected chi connectivity index (χ3v) is 4.56. The highest BCUT2D eigenvalue weighted by Gasteiger charge is 2.62. The molecule has 2 aliphatic rings. The summed E-state index contributed by atoms with van der Waals surface area (Å²) in [6.07, 6.45) is 5.01. The fraction of sp³-hybridized carbons (Fsp3) is 0.571. The van der Waals surface area contributed by atoms with Crippen LogP contribution in [0.15, 0.2) is 18.2 Å². The zero-order valence-electron chi connectivity index (χ0n) is 9.67. The van der Waals surface area contributed by atoms with Gasteiger partial charge in [0.05, 0.1) is 0 Å². The molecule has 1 nitrogen and oxygen atoms in total. The van der Waals surface area contributed by atoms with Crippen molar-refractivity contribution in [1.82, 2.24) is 0 Å². The molecule has 0 saturated heterocycles. The highest BCUT2D eigenvalue weighted by Crippen LogP contribution is 2.62. The van der Waals surface area contributed by atoms with Gasteiger partial charge in [-0.15, -0.1) is 0 Å². The van der Waals surface area contributed by atoms with E-state index in [0.717, 1.165) is 5.56 Å². The molecular weight excluding hydrogens is 201 g/mol. The minimum absolute atomic E-state index is 0.119. The highest BCUT2D eigenvalue weighted by atomic mass is 19.1. The maximum Gasteiger partial charge on any atom is 0.126 e. The Morgan fingerprint density at radius 1 is 1.25 bits per heavy atom. The van der Waals surface area contributed by atoms with Crippen molar-refractivity contribution in [2.75, 3.05) is 0 Å². The molecule has 2 fully saturated rings. The van der Waals surface area contributed by atoms with Crippen LogP contribution >= 0.6 is 0 Å². The van der Waals surface area contributed by atoms with Crippen LogP contribution in [-0.2, 0) is 5.54 Å². The van der Waals surface area contributed by atoms with Gasteiger partial charge in [-0.3, -0.25) is 0 Å². The van der Waals surface area contributed by atoms with E-state index >= 15 is 0 Å². The second-order valence-electron chi connectivity index (χ2n) is 5.39. The van der Waals surface area contributed by atoms with Crippen molar-refractivity contribution in [2.24, 2.45) is 17.6 Å². The molecule has 1 aromatic rings. The Morgan fingerprint density at radius 3 is 2.44 bits per heavy atom. The van der Waals surface area contributed by atoms with Gasteiger partial charge in [-0.2, -0.15) is 0 Å². The van der Waals surface area contributed by atoms with Gasteiger partial charge in [0.2, 0.25) is 0 Å². The SMILES string of the molecule is Cc1ccc(C2(N)C3CCCCC32)cc1F. The molecule has 2 heteroatoms. The van der Waals surface area contributed by atoms with Crippen LogP contribution in [0.4, 0.5) is 4.39 Å². The van der Waals surface area contributed by atoms with Gasteiger partial charge in [-0.25, -0.2) is 4.39 Å². The lowest BCUT2D eigenvalue weighted by Crippen LogP contribution is -2.24. The molecule has 0 radical (unpaired) electrons. The minimum atomic E-state index is -0.217. The van der Waals surface area contributed by atoms with Crippen LogP contribution in [-0.4, -0.2) is 0 Å². The highest BCUT2D eigenvalue weighted by molar-refractivity contribution is 5.37. The zero-order chi connectivity index (χ0) is 11.3. The summed E-state index contributed by atoms with van der Waals surface area (Å²) in [5.41, 5.74) is 7.96. The molecule has 2 saturated carbocycles. The van der Waals surface area contributed by atoms with E-state index < -0.39 is 0 Å². The standard InChI is InChI=1S/C14H18FN/c1-9-6-7-10(8-13(9)15)14(16)11-4-2-3-5-12(11)14/h6-8,11-12H,2-5,16H2,1H3. The van der Waals surface area contributed by atoms with Crippen LogP contribution in [0.25, 0.3) is 0 Å². The first-order chi connectivity index (χ1) is 7.64. The summed E-state index contributed by atoms with van der Waals surface area (Å²) in [7, 11) is 0. The number of hydrogen-bond acceptors (Lipinski definition) is 1. The predicted molar refractivity (Wildman–Crippen MR) is 62.5 cm³/mol. The van der Waals surface area contributed by atoms with Crippen LogP contribution in [0, 0.1) is 24.6 Å². The van der Waals surface area contributed by atoms with Crippen LogP contribution in [0.1, 0.15) is 36.8 Å². The van der Waals surface area contributed by atoms with Gasteiger partial charge in [-0.1, -0.05) is 25.0 Å². The van der Waals surface area contributed by atoms with Crippen LogP contribution in [0.5, 0.6) is 0 Å². The van der Waals surface area contributed by atoms with Crippen molar-refractivity contribution in [3.63, 3.8) is 0 Å². The number of benzene rings is 1. The van der Waals surface area contributed by atoms with E-state index in [9.17, 15) is 4.39 Å². The fourth-order valence-electron chi connectivity index (χ4n) is 3.46. The maximum atomic E-state index is 13.6. The normalized spacial score (nSPS) is 36.9. The quantitative estimate of drug-likeness (QED) is 0.771. The summed E-state index contributed by atoms with van der Waals surface area (Å²) >= 11 is 0. The van der Waals surface area contributed by atoms with Crippen LogP contribution in [0.3, 0.4) is 0 Å². The Morgan fingerprint density at radius 2 is 1.88 bits per heavy atom. The summed E-state index contributed by atoms with van der Waals surface area (Å²) < 4.78 is 13.6. The van der Waals surface area contributed by atoms with Crippen LogP contribution < -0.4 is 5.73 Å². The minimum Gasteiger partial charge on any atom is -0.321 e. The Kier molecular flexibility index (Phi) is 2.12. The molecule has 0 amide bonds. The van der Waals surface area contributed by atoms with E-state index in [2.05, 4.69) is 0 Å². The second kappa shape index (κ2) is 3.30. The van der Waals surface area contributed by atoms with Gasteiger partial charge in [0.15, 0.2) is 0 Å². The first-order valence-corrected chi connectivity index (χ1v) is 6.19. The summed E-state index contributed by atoms with van der Waals surface area (Å²) in [6, 6.07) is 5.51. The van der Waals surface area contributed by atoms with Crippen molar-refractivity contribution in [2.45, 2.75) is 38.1 Å². The van der Waals surface area contributed by atoms with Gasteiger partial charge < -0.3 is 5.73 Å². The summed E-state index contributed by atoms with van der Waals surface area (Å²) in [4.78, 5) is 0. The molecule has 0 aliphatic heterocycles. The molecular formula is C14H18FN. The molecule has 0 aromatic heterocycles. The third kappa shape index (κ3) is 1.26. The molecule has 0 spiro atoms. The van der Waals surface area contributed by atoms with E-state index in [1.807, 2.05) is 12.1 Å². The largest absolute Gasteiger partial charge is 0.321 e. The van der Waals surface area contributed by atoms with E-state index in [1.165, 1.54) is 25.7 Å². The predicted octanol–water partition coefficient (Wildman–Crippen LogP) is 3.11. The van der Waals surface area contributed by atoms with Gasteiger partial charge in [0.1, 0.15) is 5.82 Å². The first-order valence-electron chi connectivity index (χ1n) is 6.19. The molecule has 1 aromatic carbocycles. The Hall–Kier alpha value is -0.890. The van der Waals surface area contributed by atoms with Gasteiger partial charge in [0, 0.05) is 5.54 Å². The molecule has 2 N–H and O–H groups in total. The molecule has 2 aliphatic carbocycles. The van der Waals surface area contributed by atoms with E-state index in [-0.39, 0.29) is 11.4 Å². The number of aryl methyl sites for hydroxylation is 1. The average Bonchev–Trinajstić information content (AvgIpc) is 2.91. The van der Waals surface area contributed by atoms with Crippen molar-refractivity contribution in [1.29, 1.82) is 0 Å². The molecule has 86 valence electrons. The van der Waals surface area contributed by atoms with Crippen molar-refractivity contribution in [3.8, 4) is 0 Å². The molecule has 2 unspecified atom stereocenters. The lowest BCUT2D eigenvalue weighted by molar-refractivity contribution is 0.480. The van der Waals surface area contributed by atoms with Gasteiger partial charge in [-0.05, 0) is 48.8 Å².